The predicted molar refractivity (Wildman–Crippen MR) is 78.2 cm³/mol. The molecular weight excluding hydrogens is 330 g/mol. The van der Waals surface area contributed by atoms with Crippen molar-refractivity contribution >= 4 is 44.9 Å². The highest BCUT2D eigenvalue weighted by Crippen LogP contribution is 2.45. The number of anilines is 1. The van der Waals surface area contributed by atoms with E-state index in [9.17, 15) is 9.59 Å². The van der Waals surface area contributed by atoms with E-state index in [2.05, 4.69) is 15.9 Å². The van der Waals surface area contributed by atoms with Crippen LogP contribution < -0.4 is 4.90 Å². The molecule has 1 aromatic carbocycles. The standard InChI is InChI=1S/C14H13BrClNO2/c15-7-14(4-1-5-14)8-17-11-6-9(16)2-3-10(11)12(18)13(17)19/h2-3,6H,1,4-5,7-8H2. The van der Waals surface area contributed by atoms with Gasteiger partial charge in [0.2, 0.25) is 0 Å². The second kappa shape index (κ2) is 4.60. The summed E-state index contributed by atoms with van der Waals surface area (Å²) < 4.78 is 0. The molecule has 3 rings (SSSR count). The maximum Gasteiger partial charge on any atom is 0.299 e. The van der Waals surface area contributed by atoms with Crippen molar-refractivity contribution in [1.29, 1.82) is 0 Å². The Hall–Kier alpha value is -0.870. The number of nitrogens with zero attached hydrogens (tertiary/aromatic N) is 1. The van der Waals surface area contributed by atoms with Crippen LogP contribution in [-0.2, 0) is 4.79 Å². The average Bonchev–Trinajstić information content (AvgIpc) is 2.58. The molecule has 1 heterocycles. The van der Waals surface area contributed by atoms with Gasteiger partial charge in [0.1, 0.15) is 0 Å². The Bertz CT molecular complexity index is 563. The van der Waals surface area contributed by atoms with Gasteiger partial charge in [-0.05, 0) is 36.5 Å². The van der Waals surface area contributed by atoms with E-state index in [-0.39, 0.29) is 5.41 Å². The number of carbonyl (C=O) groups is 2. The normalized spacial score (nSPS) is 20.4. The fourth-order valence-electron chi connectivity index (χ4n) is 2.77. The van der Waals surface area contributed by atoms with Crippen LogP contribution in [0.1, 0.15) is 29.6 Å². The van der Waals surface area contributed by atoms with Crippen molar-refractivity contribution in [3.8, 4) is 0 Å². The first kappa shape index (κ1) is 13.1. The van der Waals surface area contributed by atoms with E-state index in [1.807, 2.05) is 0 Å². The molecule has 0 bridgehead atoms. The van der Waals surface area contributed by atoms with Gasteiger partial charge in [-0.15, -0.1) is 0 Å². The summed E-state index contributed by atoms with van der Waals surface area (Å²) >= 11 is 9.51. The van der Waals surface area contributed by atoms with Gasteiger partial charge >= 0.3 is 0 Å². The van der Waals surface area contributed by atoms with E-state index in [1.165, 1.54) is 6.42 Å². The summed E-state index contributed by atoms with van der Waals surface area (Å²) in [4.78, 5) is 25.7. The molecule has 0 saturated heterocycles. The molecule has 1 aromatic rings. The number of Topliss-reactive ketones (excluding diaryl/α,β-unsaturated/α-hetero) is 1. The number of halogens is 2. The lowest BCUT2D eigenvalue weighted by Gasteiger charge is -2.43. The molecule has 1 aliphatic heterocycles. The van der Waals surface area contributed by atoms with Crippen LogP contribution >= 0.6 is 27.5 Å². The lowest BCUT2D eigenvalue weighted by atomic mass is 9.70. The topological polar surface area (TPSA) is 37.4 Å². The fourth-order valence-corrected chi connectivity index (χ4v) is 3.67. The molecule has 1 amide bonds. The zero-order valence-corrected chi connectivity index (χ0v) is 12.6. The number of benzene rings is 1. The SMILES string of the molecule is O=C1C(=O)N(CC2(CBr)CCC2)c2cc(Cl)ccc21. The monoisotopic (exact) mass is 341 g/mol. The summed E-state index contributed by atoms with van der Waals surface area (Å²) in [5.74, 6) is -0.847. The van der Waals surface area contributed by atoms with Gasteiger partial charge in [-0.1, -0.05) is 34.0 Å². The number of rotatable bonds is 3. The molecule has 19 heavy (non-hydrogen) atoms. The number of hydrogen-bond donors (Lipinski definition) is 0. The van der Waals surface area contributed by atoms with E-state index in [0.29, 0.717) is 22.8 Å². The number of hydrogen-bond acceptors (Lipinski definition) is 2. The maximum absolute atomic E-state index is 12.1. The van der Waals surface area contributed by atoms with E-state index < -0.39 is 11.7 Å². The van der Waals surface area contributed by atoms with Crippen LogP contribution in [0.25, 0.3) is 0 Å². The van der Waals surface area contributed by atoms with Crippen LogP contribution in [0.3, 0.4) is 0 Å². The molecule has 1 aliphatic carbocycles. The van der Waals surface area contributed by atoms with E-state index in [4.69, 9.17) is 11.6 Å². The Morgan fingerprint density at radius 1 is 1.32 bits per heavy atom. The zero-order valence-electron chi connectivity index (χ0n) is 10.3. The van der Waals surface area contributed by atoms with E-state index in [0.717, 1.165) is 18.2 Å². The van der Waals surface area contributed by atoms with Gasteiger partial charge in [0.25, 0.3) is 11.7 Å². The molecule has 0 N–H and O–H groups in total. The number of amides is 1. The number of carbonyl (C=O) groups excluding carboxylic acids is 2. The van der Waals surface area contributed by atoms with Gasteiger partial charge in [-0.2, -0.15) is 0 Å². The van der Waals surface area contributed by atoms with Crippen molar-refractivity contribution in [2.45, 2.75) is 19.3 Å². The van der Waals surface area contributed by atoms with Crippen LogP contribution in [0.15, 0.2) is 18.2 Å². The Morgan fingerprint density at radius 2 is 2.05 bits per heavy atom. The molecule has 0 unspecified atom stereocenters. The Kier molecular flexibility index (Phi) is 3.18. The van der Waals surface area contributed by atoms with Gasteiger partial charge in [0.05, 0.1) is 11.3 Å². The van der Waals surface area contributed by atoms with Crippen molar-refractivity contribution in [1.82, 2.24) is 0 Å². The molecule has 1 saturated carbocycles. The average molecular weight is 343 g/mol. The minimum Gasteiger partial charge on any atom is -0.304 e. The van der Waals surface area contributed by atoms with E-state index >= 15 is 0 Å². The Labute approximate surface area is 125 Å². The van der Waals surface area contributed by atoms with Crippen LogP contribution in [0, 0.1) is 5.41 Å². The highest BCUT2D eigenvalue weighted by molar-refractivity contribution is 9.09. The van der Waals surface area contributed by atoms with Crippen molar-refractivity contribution in [2.75, 3.05) is 16.8 Å². The van der Waals surface area contributed by atoms with Crippen LogP contribution in [-0.4, -0.2) is 23.6 Å². The Balaban J connectivity index is 1.96. The number of alkyl halides is 1. The summed E-state index contributed by atoms with van der Waals surface area (Å²) in [5, 5.41) is 1.40. The second-order valence-corrected chi connectivity index (χ2v) is 6.37. The lowest BCUT2D eigenvalue weighted by Crippen LogP contribution is -2.45. The summed E-state index contributed by atoms with van der Waals surface area (Å²) in [6.45, 7) is 0.593. The minimum absolute atomic E-state index is 0.111. The minimum atomic E-state index is -0.426. The summed E-state index contributed by atoms with van der Waals surface area (Å²) in [6, 6.07) is 5.00. The lowest BCUT2D eigenvalue weighted by molar-refractivity contribution is -0.114. The van der Waals surface area contributed by atoms with Crippen LogP contribution in [0.5, 0.6) is 0 Å². The first-order valence-corrected chi connectivity index (χ1v) is 7.78. The highest BCUT2D eigenvalue weighted by atomic mass is 79.9. The number of ketones is 1. The molecule has 3 nitrogen and oxygen atoms in total. The molecule has 0 spiro atoms. The predicted octanol–water partition coefficient (Wildman–Crippen LogP) is 3.43. The molecule has 2 aliphatic rings. The second-order valence-electron chi connectivity index (χ2n) is 5.37. The van der Waals surface area contributed by atoms with Crippen molar-refractivity contribution in [3.05, 3.63) is 28.8 Å². The van der Waals surface area contributed by atoms with Crippen LogP contribution in [0.2, 0.25) is 5.02 Å². The van der Waals surface area contributed by atoms with Crippen molar-refractivity contribution < 1.29 is 9.59 Å². The van der Waals surface area contributed by atoms with Crippen molar-refractivity contribution in [3.63, 3.8) is 0 Å². The third-order valence-corrected chi connectivity index (χ3v) is 5.55. The molecule has 0 atom stereocenters. The van der Waals surface area contributed by atoms with Gasteiger partial charge in [-0.25, -0.2) is 0 Å². The van der Waals surface area contributed by atoms with Crippen LogP contribution in [0.4, 0.5) is 5.69 Å². The maximum atomic E-state index is 12.1. The molecule has 0 radical (unpaired) electrons. The fraction of sp³-hybridized carbons (Fsp3) is 0.429. The summed E-state index contributed by atoms with van der Waals surface area (Å²) in [5.41, 5.74) is 1.24. The largest absolute Gasteiger partial charge is 0.304 e. The highest BCUT2D eigenvalue weighted by Gasteiger charge is 2.43. The molecule has 1 fully saturated rings. The van der Waals surface area contributed by atoms with Gasteiger partial charge in [-0.3, -0.25) is 9.59 Å². The summed E-state index contributed by atoms with van der Waals surface area (Å²) in [7, 11) is 0. The molecule has 5 heteroatoms. The first-order chi connectivity index (χ1) is 9.06. The van der Waals surface area contributed by atoms with Gasteiger partial charge < -0.3 is 4.90 Å². The quantitative estimate of drug-likeness (QED) is 0.623. The smallest absolute Gasteiger partial charge is 0.299 e. The number of fused-ring (bicyclic) bond motifs is 1. The first-order valence-electron chi connectivity index (χ1n) is 6.28. The van der Waals surface area contributed by atoms with E-state index in [1.54, 1.807) is 23.1 Å². The molecule has 100 valence electrons. The third kappa shape index (κ3) is 2.01. The van der Waals surface area contributed by atoms with Gasteiger partial charge in [0, 0.05) is 16.9 Å². The third-order valence-electron chi connectivity index (χ3n) is 4.13. The Morgan fingerprint density at radius 3 is 2.63 bits per heavy atom. The zero-order chi connectivity index (χ0) is 13.6. The van der Waals surface area contributed by atoms with Gasteiger partial charge in [0.15, 0.2) is 0 Å². The summed E-state index contributed by atoms with van der Waals surface area (Å²) in [6.07, 6.45) is 3.36. The molecular formula is C14H13BrClNO2. The molecule has 0 aromatic heterocycles. The van der Waals surface area contributed by atoms with Crippen molar-refractivity contribution in [2.24, 2.45) is 5.41 Å².